The van der Waals surface area contributed by atoms with Crippen molar-refractivity contribution in [2.75, 3.05) is 19.7 Å². The predicted molar refractivity (Wildman–Crippen MR) is 195 cm³/mol. The van der Waals surface area contributed by atoms with Gasteiger partial charge in [0, 0.05) is 18.0 Å². The number of aliphatic hydroxyl groups is 1. The zero-order valence-corrected chi connectivity index (χ0v) is 30.7. The molecule has 6 amide bonds. The number of alkyl carbamates (subject to hydrolysis) is 3. The molecule has 0 aliphatic heterocycles. The lowest BCUT2D eigenvalue weighted by Gasteiger charge is -2.26. The van der Waals surface area contributed by atoms with E-state index in [4.69, 9.17) is 19.7 Å². The summed E-state index contributed by atoms with van der Waals surface area (Å²) < 4.78 is 15.7. The van der Waals surface area contributed by atoms with Crippen molar-refractivity contribution in [3.05, 3.63) is 82.2 Å². The van der Waals surface area contributed by atoms with Gasteiger partial charge in [0.1, 0.15) is 36.9 Å². The monoisotopic (exact) mass is 754 g/mol. The van der Waals surface area contributed by atoms with E-state index in [2.05, 4.69) is 36.6 Å². The molecule has 0 aliphatic carbocycles. The average Bonchev–Trinajstić information content (AvgIpc) is 3.14. The molecule has 6 N–H and O–H groups in total. The minimum Gasteiger partial charge on any atom is -0.445 e. The summed E-state index contributed by atoms with van der Waals surface area (Å²) in [5.41, 5.74) is 9.38. The molecule has 0 bridgehead atoms. The van der Waals surface area contributed by atoms with Gasteiger partial charge in [0.15, 0.2) is 0 Å². The lowest BCUT2D eigenvalue weighted by molar-refractivity contribution is -0.132. The summed E-state index contributed by atoms with van der Waals surface area (Å²) in [6, 6.07) is 14.2. The molecule has 0 radical (unpaired) electrons. The van der Waals surface area contributed by atoms with Gasteiger partial charge in [0.25, 0.3) is 0 Å². The van der Waals surface area contributed by atoms with Crippen LogP contribution in [0.4, 0.5) is 14.4 Å². The van der Waals surface area contributed by atoms with Crippen molar-refractivity contribution < 1.29 is 48.1 Å². The Kier molecular flexibility index (Phi) is 20.0. The summed E-state index contributed by atoms with van der Waals surface area (Å²) in [5.74, 6) is -2.76. The first-order valence-corrected chi connectivity index (χ1v) is 17.5. The number of carbonyl (C=O) groups is 6. The number of ether oxygens (including phenoxy) is 3. The lowest BCUT2D eigenvalue weighted by Crippen LogP contribution is -2.56. The van der Waals surface area contributed by atoms with E-state index < -0.39 is 66.3 Å². The number of amides is 6. The molecule has 2 aromatic rings. The maximum absolute atomic E-state index is 13.6. The Morgan fingerprint density at radius 1 is 0.685 bits per heavy atom. The molecule has 2 aromatic carbocycles. The lowest BCUT2D eigenvalue weighted by atomic mass is 10.0. The molecule has 0 aromatic heterocycles. The van der Waals surface area contributed by atoms with Crippen LogP contribution in [-0.2, 0) is 41.8 Å². The highest BCUT2D eigenvalue weighted by Crippen LogP contribution is 2.10. The third-order valence-corrected chi connectivity index (χ3v) is 7.38. The van der Waals surface area contributed by atoms with Gasteiger partial charge in [-0.2, -0.15) is 0 Å². The minimum absolute atomic E-state index is 0.0142. The molecular formula is C36H50N8O10. The van der Waals surface area contributed by atoms with Crippen LogP contribution in [0.25, 0.3) is 10.4 Å². The number of benzene rings is 2. The number of rotatable bonds is 21. The zero-order chi connectivity index (χ0) is 39.8. The van der Waals surface area contributed by atoms with Gasteiger partial charge < -0.3 is 45.9 Å². The smallest absolute Gasteiger partial charge is 0.408 e. The first-order chi connectivity index (χ1) is 25.8. The second-order valence-corrected chi connectivity index (χ2v) is 13.0. The fraction of sp³-hybridized carbons (Fsp3) is 0.500. The number of aliphatic hydroxyl groups excluding tert-OH is 1. The largest absolute Gasteiger partial charge is 0.445 e. The first-order valence-electron chi connectivity index (χ1n) is 17.5. The highest BCUT2D eigenvalue weighted by atomic mass is 16.6. The second-order valence-electron chi connectivity index (χ2n) is 13.0. The number of hydrogen-bond acceptors (Lipinski definition) is 10. The van der Waals surface area contributed by atoms with Gasteiger partial charge in [-0.15, -0.1) is 0 Å². The molecule has 0 saturated carbocycles. The average molecular weight is 755 g/mol. The van der Waals surface area contributed by atoms with Gasteiger partial charge in [0.2, 0.25) is 17.7 Å². The molecule has 3 atom stereocenters. The number of azide groups is 1. The van der Waals surface area contributed by atoms with Crippen LogP contribution >= 0.6 is 0 Å². The van der Waals surface area contributed by atoms with E-state index in [0.717, 1.165) is 11.1 Å². The fourth-order valence-corrected chi connectivity index (χ4v) is 4.71. The van der Waals surface area contributed by atoms with Gasteiger partial charge in [-0.1, -0.05) is 60.7 Å². The quantitative estimate of drug-likeness (QED) is 0.0352. The van der Waals surface area contributed by atoms with Crippen LogP contribution < -0.4 is 26.6 Å². The van der Waals surface area contributed by atoms with E-state index in [1.807, 2.05) is 60.7 Å². The molecule has 0 aliphatic rings. The van der Waals surface area contributed by atoms with Crippen LogP contribution in [0.15, 0.2) is 65.8 Å². The molecule has 2 rings (SSSR count). The molecule has 294 valence electrons. The maximum Gasteiger partial charge on any atom is 0.408 e. The zero-order valence-electron chi connectivity index (χ0n) is 30.7. The van der Waals surface area contributed by atoms with Crippen molar-refractivity contribution in [2.45, 2.75) is 96.2 Å². The summed E-state index contributed by atoms with van der Waals surface area (Å²) in [6.07, 6.45) is -0.620. The summed E-state index contributed by atoms with van der Waals surface area (Å²) in [6.45, 7) is 4.65. The number of carbonyl (C=O) groups excluding carboxylic acids is 6. The van der Waals surface area contributed by atoms with Crippen LogP contribution in [0.2, 0.25) is 0 Å². The van der Waals surface area contributed by atoms with Crippen molar-refractivity contribution in [3.8, 4) is 0 Å². The van der Waals surface area contributed by atoms with Crippen LogP contribution in [0.3, 0.4) is 0 Å². The van der Waals surface area contributed by atoms with E-state index in [-0.39, 0.29) is 39.1 Å². The minimum atomic E-state index is -1.57. The Labute approximate surface area is 313 Å². The van der Waals surface area contributed by atoms with Crippen molar-refractivity contribution >= 4 is 36.0 Å². The van der Waals surface area contributed by atoms with Crippen molar-refractivity contribution in [2.24, 2.45) is 5.11 Å². The van der Waals surface area contributed by atoms with Gasteiger partial charge in [-0.25, -0.2) is 14.4 Å². The van der Waals surface area contributed by atoms with Crippen LogP contribution in [0.1, 0.15) is 70.4 Å². The number of unbranched alkanes of at least 4 members (excludes halogenated alkanes) is 2. The van der Waals surface area contributed by atoms with Crippen LogP contribution in [0.5, 0.6) is 0 Å². The molecule has 0 heterocycles. The van der Waals surface area contributed by atoms with Gasteiger partial charge in [-0.3, -0.25) is 14.4 Å². The van der Waals surface area contributed by atoms with Crippen LogP contribution in [0, 0.1) is 0 Å². The topological polar surface area (TPSA) is 259 Å². The standard InChI is InChI=1S/C36H50N8O10/c1-36(2,3)54-35(51)42-28(19-11-13-21-39-34(50)53-24-26-16-8-5-9-17-26)31(47)40-27(30(46)41-29(22-45)32(48)43-44-37)18-10-12-20-38-33(49)52-23-25-14-6-4-7-15-25/h4-9,14-17,27-29,45H,10-13,18-24H2,1-3H3,(H,38,49)(H,39,50)(H,40,47)(H,41,46)(H,42,51)/t27-,28-,29-/m0/s1. The molecule has 18 heteroatoms. The van der Waals surface area contributed by atoms with Gasteiger partial charge in [-0.05, 0) is 81.1 Å². The third kappa shape index (κ3) is 19.1. The Hall–Kier alpha value is -5.87. The molecule has 0 spiro atoms. The highest BCUT2D eigenvalue weighted by Gasteiger charge is 2.30. The highest BCUT2D eigenvalue weighted by molar-refractivity contribution is 5.94. The van der Waals surface area contributed by atoms with Gasteiger partial charge >= 0.3 is 18.3 Å². The molecule has 0 saturated heterocycles. The summed E-state index contributed by atoms with van der Waals surface area (Å²) in [4.78, 5) is 78.3. The Balaban J connectivity index is 2.03. The summed E-state index contributed by atoms with van der Waals surface area (Å²) in [5, 5.41) is 25.2. The van der Waals surface area contributed by atoms with E-state index >= 15 is 0 Å². The number of hydrogen-bond donors (Lipinski definition) is 6. The maximum atomic E-state index is 13.6. The van der Waals surface area contributed by atoms with Crippen molar-refractivity contribution in [3.63, 3.8) is 0 Å². The Morgan fingerprint density at radius 2 is 1.13 bits per heavy atom. The Morgan fingerprint density at radius 3 is 1.56 bits per heavy atom. The first kappa shape index (κ1) is 44.3. The molecule has 0 fully saturated rings. The van der Waals surface area contributed by atoms with E-state index in [1.165, 1.54) is 0 Å². The van der Waals surface area contributed by atoms with Crippen LogP contribution in [-0.4, -0.2) is 84.5 Å². The van der Waals surface area contributed by atoms with E-state index in [9.17, 15) is 33.9 Å². The summed E-state index contributed by atoms with van der Waals surface area (Å²) >= 11 is 0. The third-order valence-electron chi connectivity index (χ3n) is 7.38. The van der Waals surface area contributed by atoms with Crippen molar-refractivity contribution in [1.82, 2.24) is 26.6 Å². The Bertz CT molecular complexity index is 1550. The SMILES string of the molecule is CC(C)(C)OC(=O)N[C@@H](CCCCNC(=O)OCc1ccccc1)C(=O)N[C@@H](CCCCNC(=O)OCc1ccccc1)C(=O)N[C@@H](CO)C(=O)N=[N+]=[N-]. The molecular weight excluding hydrogens is 704 g/mol. The second kappa shape index (κ2) is 24.4. The molecule has 54 heavy (non-hydrogen) atoms. The number of nitrogens with one attached hydrogen (secondary N) is 5. The number of nitrogens with zero attached hydrogens (tertiary/aromatic N) is 3. The molecule has 0 unspecified atom stereocenters. The van der Waals surface area contributed by atoms with E-state index in [0.29, 0.717) is 25.7 Å². The van der Waals surface area contributed by atoms with E-state index in [1.54, 1.807) is 20.8 Å². The van der Waals surface area contributed by atoms with Gasteiger partial charge in [0.05, 0.1) is 6.61 Å². The van der Waals surface area contributed by atoms with Crippen molar-refractivity contribution in [1.29, 1.82) is 0 Å². The predicted octanol–water partition coefficient (Wildman–Crippen LogP) is 3.87. The normalized spacial score (nSPS) is 12.4. The molecule has 18 nitrogen and oxygen atoms in total. The fourth-order valence-electron chi connectivity index (χ4n) is 4.71. The summed E-state index contributed by atoms with van der Waals surface area (Å²) in [7, 11) is 0.